The minimum absolute atomic E-state index is 0.0111. The fraction of sp³-hybridized carbons (Fsp3) is 0.364. The Morgan fingerprint density at radius 3 is 2.26 bits per heavy atom. The van der Waals surface area contributed by atoms with Gasteiger partial charge in [-0.3, -0.25) is 0 Å². The number of fused-ring (bicyclic) bond motifs is 3. The van der Waals surface area contributed by atoms with E-state index in [2.05, 4.69) is 10.1 Å². The van der Waals surface area contributed by atoms with Crippen molar-refractivity contribution in [1.29, 1.82) is 0 Å². The van der Waals surface area contributed by atoms with Gasteiger partial charge in [0.25, 0.3) is 0 Å². The normalized spacial score (nSPS) is 14.0. The van der Waals surface area contributed by atoms with Crippen molar-refractivity contribution in [3.8, 4) is 11.1 Å². The van der Waals surface area contributed by atoms with Crippen molar-refractivity contribution in [2.75, 3.05) is 13.2 Å². The molecule has 0 aromatic heterocycles. The minimum atomic E-state index is -1.75. The lowest BCUT2D eigenvalue weighted by Crippen LogP contribution is -2.52. The van der Waals surface area contributed by atoms with Crippen LogP contribution in [0.4, 0.5) is 4.79 Å². The maximum Gasteiger partial charge on any atom is 0.511 e. The number of rotatable bonds is 9. The number of carboxylic acid groups (broad SMARTS) is 1. The van der Waals surface area contributed by atoms with E-state index < -0.39 is 17.6 Å². The van der Waals surface area contributed by atoms with Crippen LogP contribution in [0.15, 0.2) is 53.8 Å². The van der Waals surface area contributed by atoms with E-state index in [1.807, 2.05) is 48.5 Å². The predicted octanol–water partition coefficient (Wildman–Crippen LogP) is 4.44. The number of unbranched alkanes of at least 4 members (excludes halogenated alkanes) is 1. The molecule has 1 amide bonds. The van der Waals surface area contributed by atoms with Gasteiger partial charge in [-0.25, -0.2) is 4.79 Å². The molecule has 0 aliphatic heterocycles. The Balaban J connectivity index is 1.82. The molecule has 2 aromatic carbocycles. The van der Waals surface area contributed by atoms with Crippen LogP contribution in [0.3, 0.4) is 0 Å². The van der Waals surface area contributed by atoms with Gasteiger partial charge in [-0.15, -0.1) is 10.5 Å². The van der Waals surface area contributed by atoms with Gasteiger partial charge in [-0.1, -0.05) is 48.5 Å². The summed E-state index contributed by atoms with van der Waals surface area (Å²) < 4.78 is 5.49. The Hall–Kier alpha value is -3.55. The third-order valence-corrected chi connectivity index (χ3v) is 5.68. The smallest absolute Gasteiger partial charge is 0.478 e. The fourth-order valence-corrected chi connectivity index (χ4v) is 3.95. The summed E-state index contributed by atoms with van der Waals surface area (Å²) in [4.78, 5) is 27.5. The molecule has 2 aromatic rings. The number of nitrogens with two attached hydrogens (primary N) is 1. The average molecular weight is 423 g/mol. The van der Waals surface area contributed by atoms with Crippen LogP contribution in [0.25, 0.3) is 21.6 Å². The van der Waals surface area contributed by atoms with E-state index in [0.717, 1.165) is 22.3 Å². The van der Waals surface area contributed by atoms with Crippen LogP contribution < -0.4 is 5.73 Å². The fourth-order valence-electron chi connectivity index (χ4n) is 3.95. The number of ether oxygens (including phenoxy) is 1. The van der Waals surface area contributed by atoms with Crippen LogP contribution in [-0.4, -0.2) is 40.9 Å². The van der Waals surface area contributed by atoms with Gasteiger partial charge in [0.2, 0.25) is 5.54 Å². The SMILES string of the molecule is C[C@](CCCCN)(C(=O)O)N(N=[N+]=[N-])C(=O)OCC1c2ccccc2-c2ccccc21. The van der Waals surface area contributed by atoms with Gasteiger partial charge in [-0.05, 0) is 53.8 Å². The summed E-state index contributed by atoms with van der Waals surface area (Å²) >= 11 is 0. The van der Waals surface area contributed by atoms with E-state index in [-0.39, 0.29) is 18.9 Å². The summed E-state index contributed by atoms with van der Waals surface area (Å²) in [6, 6.07) is 15.7. The number of carbonyl (C=O) groups is 2. The number of azide groups is 1. The van der Waals surface area contributed by atoms with Gasteiger partial charge in [0.15, 0.2) is 0 Å². The van der Waals surface area contributed by atoms with Crippen molar-refractivity contribution in [1.82, 2.24) is 5.01 Å². The Kier molecular flexibility index (Phi) is 6.79. The first-order valence-corrected chi connectivity index (χ1v) is 10.1. The second-order valence-corrected chi connectivity index (χ2v) is 7.62. The third kappa shape index (κ3) is 4.33. The molecule has 9 nitrogen and oxygen atoms in total. The Morgan fingerprint density at radius 2 is 1.74 bits per heavy atom. The molecule has 1 aliphatic rings. The van der Waals surface area contributed by atoms with Crippen LogP contribution in [-0.2, 0) is 9.53 Å². The summed E-state index contributed by atoms with van der Waals surface area (Å²) in [5.41, 5.74) is 16.9. The van der Waals surface area contributed by atoms with Crippen LogP contribution in [0.2, 0.25) is 0 Å². The van der Waals surface area contributed by atoms with Crippen LogP contribution in [0.5, 0.6) is 0 Å². The molecule has 0 unspecified atom stereocenters. The Bertz CT molecular complexity index is 975. The van der Waals surface area contributed by atoms with Crippen molar-refractivity contribution in [3.63, 3.8) is 0 Å². The van der Waals surface area contributed by atoms with Crippen LogP contribution >= 0.6 is 0 Å². The molecular weight excluding hydrogens is 398 g/mol. The van der Waals surface area contributed by atoms with E-state index in [0.29, 0.717) is 24.4 Å². The standard InChI is InChI=1S/C22H25N5O4/c1-22(20(28)29,12-6-7-13-23)27(26-25-24)21(30)31-14-19-17-10-4-2-8-15(17)16-9-3-5-11-18(16)19/h2-5,8-11,19H,6-7,12-14,23H2,1H3,(H,28,29)/t22-/m0/s1. The number of carboxylic acids is 1. The molecule has 3 rings (SSSR count). The van der Waals surface area contributed by atoms with Gasteiger partial charge in [0.05, 0.1) is 0 Å². The Labute approximate surface area is 180 Å². The van der Waals surface area contributed by atoms with Crippen LogP contribution in [0.1, 0.15) is 43.2 Å². The molecule has 9 heteroatoms. The molecule has 0 saturated carbocycles. The van der Waals surface area contributed by atoms with Crippen LogP contribution in [0, 0.1) is 0 Å². The van der Waals surface area contributed by atoms with E-state index in [9.17, 15) is 14.7 Å². The molecule has 1 atom stereocenters. The largest absolute Gasteiger partial charge is 0.511 e. The molecule has 0 saturated heterocycles. The summed E-state index contributed by atoms with van der Waals surface area (Å²) in [6.07, 6.45) is 0.102. The Morgan fingerprint density at radius 1 is 1.16 bits per heavy atom. The molecule has 0 spiro atoms. The van der Waals surface area contributed by atoms with Crippen molar-refractivity contribution < 1.29 is 19.4 Å². The summed E-state index contributed by atoms with van der Waals surface area (Å²) in [6.45, 7) is 1.72. The highest BCUT2D eigenvalue weighted by atomic mass is 16.6. The van der Waals surface area contributed by atoms with Gasteiger partial charge in [-0.2, -0.15) is 9.71 Å². The first kappa shape index (κ1) is 22.1. The minimum Gasteiger partial charge on any atom is -0.478 e. The first-order valence-electron chi connectivity index (χ1n) is 10.1. The number of benzene rings is 2. The van der Waals surface area contributed by atoms with Crippen molar-refractivity contribution >= 4 is 12.1 Å². The number of nitrogens with zero attached hydrogens (tertiary/aromatic N) is 4. The number of hydrogen-bond donors (Lipinski definition) is 2. The molecular formula is C22H25N5O4. The molecule has 3 N–H and O–H groups in total. The molecule has 31 heavy (non-hydrogen) atoms. The number of carbonyl (C=O) groups excluding carboxylic acids is 1. The second kappa shape index (κ2) is 9.51. The van der Waals surface area contributed by atoms with Gasteiger partial charge in [0, 0.05) is 12.3 Å². The summed E-state index contributed by atoms with van der Waals surface area (Å²) in [5.74, 6) is -1.48. The second-order valence-electron chi connectivity index (χ2n) is 7.62. The van der Waals surface area contributed by atoms with E-state index in [4.69, 9.17) is 16.0 Å². The molecule has 0 bridgehead atoms. The zero-order chi connectivity index (χ0) is 22.4. The average Bonchev–Trinajstić information content (AvgIpc) is 3.09. The lowest BCUT2D eigenvalue weighted by atomic mass is 9.94. The third-order valence-electron chi connectivity index (χ3n) is 5.68. The first-order chi connectivity index (χ1) is 14.9. The maximum absolute atomic E-state index is 12.8. The summed E-state index contributed by atoms with van der Waals surface area (Å²) in [5, 5.41) is 13.7. The zero-order valence-electron chi connectivity index (χ0n) is 17.3. The lowest BCUT2D eigenvalue weighted by molar-refractivity contribution is -0.150. The molecule has 162 valence electrons. The highest BCUT2D eigenvalue weighted by Crippen LogP contribution is 2.44. The number of amides is 1. The van der Waals surface area contributed by atoms with Crippen molar-refractivity contribution in [3.05, 3.63) is 70.1 Å². The van der Waals surface area contributed by atoms with Gasteiger partial charge < -0.3 is 15.6 Å². The predicted molar refractivity (Wildman–Crippen MR) is 115 cm³/mol. The van der Waals surface area contributed by atoms with Gasteiger partial charge >= 0.3 is 12.1 Å². The van der Waals surface area contributed by atoms with E-state index in [1.54, 1.807) is 0 Å². The van der Waals surface area contributed by atoms with E-state index in [1.165, 1.54) is 6.92 Å². The van der Waals surface area contributed by atoms with Crippen molar-refractivity contribution in [2.45, 2.75) is 37.6 Å². The number of hydrogen-bond acceptors (Lipinski definition) is 5. The highest BCUT2D eigenvalue weighted by molar-refractivity contribution is 5.84. The quantitative estimate of drug-likeness (QED) is 0.202. The lowest BCUT2D eigenvalue weighted by Gasteiger charge is -2.29. The van der Waals surface area contributed by atoms with Gasteiger partial charge in [0.1, 0.15) is 6.61 Å². The molecule has 0 fully saturated rings. The number of aliphatic carboxylic acids is 1. The molecule has 0 heterocycles. The zero-order valence-corrected chi connectivity index (χ0v) is 17.3. The topological polar surface area (TPSA) is 142 Å². The highest BCUT2D eigenvalue weighted by Gasteiger charge is 2.48. The summed E-state index contributed by atoms with van der Waals surface area (Å²) in [7, 11) is 0. The van der Waals surface area contributed by atoms with Crippen molar-refractivity contribution in [2.24, 2.45) is 11.0 Å². The monoisotopic (exact) mass is 423 g/mol. The van der Waals surface area contributed by atoms with E-state index >= 15 is 0 Å². The molecule has 0 radical (unpaired) electrons. The molecule has 1 aliphatic carbocycles. The maximum atomic E-state index is 12.8.